The molecule has 1 atom stereocenters. The summed E-state index contributed by atoms with van der Waals surface area (Å²) in [7, 11) is 0. The van der Waals surface area contributed by atoms with Crippen molar-refractivity contribution in [3.63, 3.8) is 0 Å². The van der Waals surface area contributed by atoms with Crippen LogP contribution in [-0.4, -0.2) is 50.2 Å². The van der Waals surface area contributed by atoms with Crippen molar-refractivity contribution in [1.29, 1.82) is 0 Å². The Morgan fingerprint density at radius 3 is 2.77 bits per heavy atom. The highest BCUT2D eigenvalue weighted by atomic mass is 35.5. The Hall–Kier alpha value is -0.850. The van der Waals surface area contributed by atoms with Crippen LogP contribution in [0.1, 0.15) is 18.0 Å². The van der Waals surface area contributed by atoms with Crippen molar-refractivity contribution in [2.24, 2.45) is 5.73 Å². The summed E-state index contributed by atoms with van der Waals surface area (Å²) in [4.78, 5) is 14.0. The molecule has 1 aromatic rings. The van der Waals surface area contributed by atoms with Gasteiger partial charge in [-0.1, -0.05) is 23.7 Å². The minimum Gasteiger partial charge on any atom is -0.379 e. The van der Waals surface area contributed by atoms with Crippen LogP contribution in [0.25, 0.3) is 0 Å². The predicted molar refractivity (Wildman–Crippen MR) is 90.5 cm³/mol. The Bertz CT molecular complexity index is 468. The van der Waals surface area contributed by atoms with Gasteiger partial charge in [0.05, 0.1) is 19.3 Å². The van der Waals surface area contributed by atoms with E-state index >= 15 is 0 Å². The number of nitrogens with zero attached hydrogens (tertiary/aromatic N) is 1. The summed E-state index contributed by atoms with van der Waals surface area (Å²) in [6, 6.07) is 7.90. The van der Waals surface area contributed by atoms with Gasteiger partial charge in [0.15, 0.2) is 0 Å². The van der Waals surface area contributed by atoms with Crippen molar-refractivity contribution in [2.75, 3.05) is 39.4 Å². The number of hydrogen-bond donors (Lipinski definition) is 2. The second-order valence-electron chi connectivity index (χ2n) is 5.06. The number of morpholine rings is 1. The topological polar surface area (TPSA) is 67.6 Å². The van der Waals surface area contributed by atoms with Gasteiger partial charge in [0.1, 0.15) is 0 Å². The first kappa shape index (κ1) is 19.2. The molecule has 5 nitrogen and oxygen atoms in total. The lowest BCUT2D eigenvalue weighted by Crippen LogP contribution is -2.44. The maximum absolute atomic E-state index is 11.7. The van der Waals surface area contributed by atoms with Gasteiger partial charge >= 0.3 is 0 Å². The first-order valence-electron chi connectivity index (χ1n) is 7.24. The van der Waals surface area contributed by atoms with E-state index in [1.165, 1.54) is 0 Å². The van der Waals surface area contributed by atoms with Gasteiger partial charge in [0.25, 0.3) is 0 Å². The standard InChI is InChI=1S/C15H22ClN3O2.ClH/c16-13-3-1-2-12(10-13)14(11-18-15(20)4-5-17)19-6-8-21-9-7-19;/h1-3,10,14H,4-9,11,17H2,(H,18,20);1H. The van der Waals surface area contributed by atoms with Gasteiger partial charge in [-0.25, -0.2) is 0 Å². The molecule has 1 aliphatic rings. The van der Waals surface area contributed by atoms with Crippen molar-refractivity contribution in [3.05, 3.63) is 34.9 Å². The lowest BCUT2D eigenvalue weighted by Gasteiger charge is -2.35. The van der Waals surface area contributed by atoms with Gasteiger partial charge in [-0.15, -0.1) is 12.4 Å². The van der Waals surface area contributed by atoms with Crippen molar-refractivity contribution in [1.82, 2.24) is 10.2 Å². The van der Waals surface area contributed by atoms with Crippen LogP contribution in [0.2, 0.25) is 5.02 Å². The molecule has 0 aromatic heterocycles. The van der Waals surface area contributed by atoms with E-state index in [2.05, 4.69) is 10.2 Å². The number of nitrogens with one attached hydrogen (secondary N) is 1. The van der Waals surface area contributed by atoms with Crippen molar-refractivity contribution >= 4 is 29.9 Å². The number of amides is 1. The molecule has 0 bridgehead atoms. The van der Waals surface area contributed by atoms with E-state index in [0.717, 1.165) is 18.7 Å². The van der Waals surface area contributed by atoms with Crippen molar-refractivity contribution < 1.29 is 9.53 Å². The summed E-state index contributed by atoms with van der Waals surface area (Å²) >= 11 is 6.09. The van der Waals surface area contributed by atoms with Gasteiger partial charge in [-0.05, 0) is 17.7 Å². The Morgan fingerprint density at radius 1 is 1.41 bits per heavy atom. The van der Waals surface area contributed by atoms with Crippen molar-refractivity contribution in [3.8, 4) is 0 Å². The highest BCUT2D eigenvalue weighted by molar-refractivity contribution is 6.30. The van der Waals surface area contributed by atoms with Crippen molar-refractivity contribution in [2.45, 2.75) is 12.5 Å². The van der Waals surface area contributed by atoms with Crippen LogP contribution >= 0.6 is 24.0 Å². The number of benzene rings is 1. The monoisotopic (exact) mass is 347 g/mol. The second kappa shape index (κ2) is 10.0. The molecule has 3 N–H and O–H groups in total. The lowest BCUT2D eigenvalue weighted by atomic mass is 10.0. The average molecular weight is 348 g/mol. The molecule has 1 heterocycles. The second-order valence-corrected chi connectivity index (χ2v) is 5.50. The maximum atomic E-state index is 11.7. The van der Waals surface area contributed by atoms with E-state index in [9.17, 15) is 4.79 Å². The first-order chi connectivity index (χ1) is 10.2. The number of carbonyl (C=O) groups is 1. The number of ether oxygens (including phenoxy) is 1. The third kappa shape index (κ3) is 5.74. The fraction of sp³-hybridized carbons (Fsp3) is 0.533. The largest absolute Gasteiger partial charge is 0.379 e. The summed E-state index contributed by atoms with van der Waals surface area (Å²) in [5, 5.41) is 3.66. The van der Waals surface area contributed by atoms with Crippen LogP contribution in [0.5, 0.6) is 0 Å². The Labute approximate surface area is 142 Å². The molecule has 124 valence electrons. The first-order valence-corrected chi connectivity index (χ1v) is 7.62. The van der Waals surface area contributed by atoms with E-state index < -0.39 is 0 Å². The van der Waals surface area contributed by atoms with E-state index in [4.69, 9.17) is 22.1 Å². The predicted octanol–water partition coefficient (Wildman–Crippen LogP) is 1.60. The quantitative estimate of drug-likeness (QED) is 0.820. The molecule has 1 aromatic carbocycles. The molecule has 1 unspecified atom stereocenters. The fourth-order valence-corrected chi connectivity index (χ4v) is 2.69. The van der Waals surface area contributed by atoms with E-state index in [-0.39, 0.29) is 24.4 Å². The minimum atomic E-state index is -0.0159. The van der Waals surface area contributed by atoms with E-state index in [0.29, 0.717) is 37.7 Å². The van der Waals surface area contributed by atoms with Crippen LogP contribution in [0.3, 0.4) is 0 Å². The molecule has 1 saturated heterocycles. The third-order valence-corrected chi connectivity index (χ3v) is 3.82. The SMILES string of the molecule is Cl.NCCC(=O)NCC(c1cccc(Cl)c1)N1CCOCC1. The summed E-state index contributed by atoms with van der Waals surface area (Å²) in [5.41, 5.74) is 6.51. The molecule has 0 spiro atoms. The van der Waals surface area contributed by atoms with Crippen LogP contribution < -0.4 is 11.1 Å². The number of nitrogens with two attached hydrogens (primary N) is 1. The van der Waals surface area contributed by atoms with Gasteiger partial charge in [0.2, 0.25) is 5.91 Å². The fourth-order valence-electron chi connectivity index (χ4n) is 2.49. The molecule has 22 heavy (non-hydrogen) atoms. The van der Waals surface area contributed by atoms with Crippen LogP contribution in [-0.2, 0) is 9.53 Å². The Kier molecular flexibility index (Phi) is 8.75. The maximum Gasteiger partial charge on any atom is 0.221 e. The molecule has 1 aliphatic heterocycles. The zero-order valence-electron chi connectivity index (χ0n) is 12.5. The number of hydrogen-bond acceptors (Lipinski definition) is 4. The van der Waals surface area contributed by atoms with Gasteiger partial charge in [0, 0.05) is 37.6 Å². The number of halogens is 2. The molecular weight excluding hydrogens is 325 g/mol. The van der Waals surface area contributed by atoms with Gasteiger partial charge < -0.3 is 15.8 Å². The molecule has 7 heteroatoms. The highest BCUT2D eigenvalue weighted by Gasteiger charge is 2.23. The normalized spacial score (nSPS) is 16.6. The summed E-state index contributed by atoms with van der Waals surface area (Å²) < 4.78 is 5.40. The Balaban J connectivity index is 0.00000242. The highest BCUT2D eigenvalue weighted by Crippen LogP contribution is 2.23. The summed E-state index contributed by atoms with van der Waals surface area (Å²) in [5.74, 6) is -0.0159. The summed E-state index contributed by atoms with van der Waals surface area (Å²) in [6.45, 7) is 4.06. The zero-order chi connectivity index (χ0) is 15.1. The zero-order valence-corrected chi connectivity index (χ0v) is 14.0. The van der Waals surface area contributed by atoms with Crippen LogP contribution in [0, 0.1) is 0 Å². The van der Waals surface area contributed by atoms with E-state index in [1.54, 1.807) is 0 Å². The summed E-state index contributed by atoms with van der Waals surface area (Å²) in [6.07, 6.45) is 0.353. The molecular formula is C15H23Cl2N3O2. The third-order valence-electron chi connectivity index (χ3n) is 3.58. The smallest absolute Gasteiger partial charge is 0.221 e. The van der Waals surface area contributed by atoms with Crippen LogP contribution in [0.15, 0.2) is 24.3 Å². The molecule has 2 rings (SSSR count). The van der Waals surface area contributed by atoms with Crippen LogP contribution in [0.4, 0.5) is 0 Å². The Morgan fingerprint density at radius 2 is 2.14 bits per heavy atom. The molecule has 1 amide bonds. The molecule has 0 saturated carbocycles. The lowest BCUT2D eigenvalue weighted by molar-refractivity contribution is -0.121. The average Bonchev–Trinajstić information content (AvgIpc) is 2.49. The number of carbonyl (C=O) groups excluding carboxylic acids is 1. The molecule has 1 fully saturated rings. The molecule has 0 radical (unpaired) electrons. The van der Waals surface area contributed by atoms with Gasteiger partial charge in [-0.2, -0.15) is 0 Å². The van der Waals surface area contributed by atoms with Gasteiger partial charge in [-0.3, -0.25) is 9.69 Å². The van der Waals surface area contributed by atoms with E-state index in [1.807, 2.05) is 24.3 Å². The minimum absolute atomic E-state index is 0. The number of rotatable bonds is 6. The molecule has 0 aliphatic carbocycles.